The van der Waals surface area contributed by atoms with E-state index in [0.29, 0.717) is 26.1 Å². The zero-order valence-corrected chi connectivity index (χ0v) is 11.8. The zero-order valence-electron chi connectivity index (χ0n) is 11.0. The monoisotopic (exact) mass is 277 g/mol. The zero-order chi connectivity index (χ0) is 12.7. The Morgan fingerprint density at radius 3 is 2.78 bits per heavy atom. The summed E-state index contributed by atoms with van der Waals surface area (Å²) in [7, 11) is 0. The van der Waals surface area contributed by atoms with Crippen LogP contribution in [-0.2, 0) is 9.59 Å². The summed E-state index contributed by atoms with van der Waals surface area (Å²) in [5.74, 6) is 0.0735. The van der Waals surface area contributed by atoms with Crippen molar-refractivity contribution in [3.05, 3.63) is 0 Å². The first kappa shape index (κ1) is 17.2. The van der Waals surface area contributed by atoms with Gasteiger partial charge < -0.3 is 16.0 Å². The molecule has 0 aromatic rings. The Morgan fingerprint density at radius 2 is 2.17 bits per heavy atom. The number of carbonyl (C=O) groups excluding carboxylic acids is 2. The van der Waals surface area contributed by atoms with Gasteiger partial charge in [-0.15, -0.1) is 12.4 Å². The van der Waals surface area contributed by atoms with Crippen LogP contribution in [0.3, 0.4) is 0 Å². The molecule has 0 aromatic carbocycles. The van der Waals surface area contributed by atoms with Crippen molar-refractivity contribution in [1.82, 2.24) is 10.2 Å². The predicted molar refractivity (Wildman–Crippen MR) is 73.6 cm³/mol. The number of nitrogens with one attached hydrogen (secondary N) is 1. The predicted octanol–water partition coefficient (Wildman–Crippen LogP) is 0.664. The summed E-state index contributed by atoms with van der Waals surface area (Å²) in [5.41, 5.74) is 5.37. The SMILES string of the molecule is CCCC(=O)N1CCCC1C(=O)NCCCN.Cl. The van der Waals surface area contributed by atoms with Crippen molar-refractivity contribution in [2.45, 2.75) is 45.1 Å². The molecule has 0 radical (unpaired) electrons. The highest BCUT2D eigenvalue weighted by Crippen LogP contribution is 2.18. The van der Waals surface area contributed by atoms with Gasteiger partial charge in [0.1, 0.15) is 6.04 Å². The number of hydrogen-bond donors (Lipinski definition) is 2. The van der Waals surface area contributed by atoms with E-state index in [-0.39, 0.29) is 30.3 Å². The first-order valence-electron chi connectivity index (χ1n) is 6.48. The lowest BCUT2D eigenvalue weighted by molar-refractivity contribution is -0.138. The average molecular weight is 278 g/mol. The fourth-order valence-electron chi connectivity index (χ4n) is 2.13. The molecule has 18 heavy (non-hydrogen) atoms. The fourth-order valence-corrected chi connectivity index (χ4v) is 2.13. The van der Waals surface area contributed by atoms with Gasteiger partial charge in [-0.1, -0.05) is 6.92 Å². The van der Waals surface area contributed by atoms with E-state index in [1.807, 2.05) is 6.92 Å². The maximum atomic E-state index is 11.9. The fraction of sp³-hybridized carbons (Fsp3) is 0.833. The molecule has 1 aliphatic rings. The highest BCUT2D eigenvalue weighted by molar-refractivity contribution is 5.88. The molecule has 1 fully saturated rings. The smallest absolute Gasteiger partial charge is 0.242 e. The van der Waals surface area contributed by atoms with Gasteiger partial charge in [0.05, 0.1) is 0 Å². The molecule has 1 atom stereocenters. The molecule has 0 spiro atoms. The van der Waals surface area contributed by atoms with E-state index in [0.717, 1.165) is 25.7 Å². The number of carbonyl (C=O) groups is 2. The normalized spacial score (nSPS) is 18.3. The van der Waals surface area contributed by atoms with Crippen molar-refractivity contribution in [3.8, 4) is 0 Å². The molecular formula is C12H24ClN3O2. The van der Waals surface area contributed by atoms with Crippen molar-refractivity contribution in [2.24, 2.45) is 5.73 Å². The van der Waals surface area contributed by atoms with Gasteiger partial charge in [-0.05, 0) is 32.2 Å². The largest absolute Gasteiger partial charge is 0.354 e. The molecule has 0 bridgehead atoms. The van der Waals surface area contributed by atoms with E-state index in [1.54, 1.807) is 4.90 Å². The lowest BCUT2D eigenvalue weighted by Crippen LogP contribution is -2.46. The van der Waals surface area contributed by atoms with Gasteiger partial charge in [-0.3, -0.25) is 9.59 Å². The molecule has 0 aliphatic carbocycles. The minimum atomic E-state index is -0.258. The lowest BCUT2D eigenvalue weighted by atomic mass is 10.2. The number of halogens is 1. The molecular weight excluding hydrogens is 254 g/mol. The van der Waals surface area contributed by atoms with Crippen LogP contribution in [0.1, 0.15) is 39.0 Å². The molecule has 1 aliphatic heterocycles. The highest BCUT2D eigenvalue weighted by atomic mass is 35.5. The van der Waals surface area contributed by atoms with Gasteiger partial charge in [-0.2, -0.15) is 0 Å². The van der Waals surface area contributed by atoms with Crippen LogP contribution in [0.5, 0.6) is 0 Å². The van der Waals surface area contributed by atoms with Gasteiger partial charge in [0.15, 0.2) is 0 Å². The number of nitrogens with zero attached hydrogens (tertiary/aromatic N) is 1. The third-order valence-corrected chi connectivity index (χ3v) is 3.02. The Kier molecular flexibility index (Phi) is 8.75. The van der Waals surface area contributed by atoms with Crippen LogP contribution in [-0.4, -0.2) is 42.4 Å². The van der Waals surface area contributed by atoms with Gasteiger partial charge in [0.2, 0.25) is 11.8 Å². The van der Waals surface area contributed by atoms with Crippen molar-refractivity contribution in [3.63, 3.8) is 0 Å². The molecule has 1 saturated heterocycles. The van der Waals surface area contributed by atoms with Crippen molar-refractivity contribution < 1.29 is 9.59 Å². The molecule has 5 nitrogen and oxygen atoms in total. The Morgan fingerprint density at radius 1 is 1.44 bits per heavy atom. The Balaban J connectivity index is 0.00000289. The van der Waals surface area contributed by atoms with Crippen molar-refractivity contribution in [2.75, 3.05) is 19.6 Å². The topological polar surface area (TPSA) is 75.4 Å². The van der Waals surface area contributed by atoms with E-state index in [4.69, 9.17) is 5.73 Å². The van der Waals surface area contributed by atoms with E-state index in [9.17, 15) is 9.59 Å². The quantitative estimate of drug-likeness (QED) is 0.701. The first-order chi connectivity index (χ1) is 8.20. The molecule has 1 unspecified atom stereocenters. The van der Waals surface area contributed by atoms with E-state index >= 15 is 0 Å². The van der Waals surface area contributed by atoms with Crippen LogP contribution >= 0.6 is 12.4 Å². The lowest BCUT2D eigenvalue weighted by Gasteiger charge is -2.23. The second-order valence-corrected chi connectivity index (χ2v) is 4.43. The standard InChI is InChI=1S/C12H23N3O2.ClH/c1-2-5-11(16)15-9-3-6-10(15)12(17)14-8-4-7-13;/h10H,2-9,13H2,1H3,(H,14,17);1H. The summed E-state index contributed by atoms with van der Waals surface area (Å²) in [6.07, 6.45) is 3.85. The van der Waals surface area contributed by atoms with Crippen molar-refractivity contribution >= 4 is 24.2 Å². The molecule has 1 rings (SSSR count). The molecule has 6 heteroatoms. The van der Waals surface area contributed by atoms with Gasteiger partial charge >= 0.3 is 0 Å². The first-order valence-corrected chi connectivity index (χ1v) is 6.48. The molecule has 1 heterocycles. The molecule has 2 amide bonds. The van der Waals surface area contributed by atoms with Crippen LogP contribution in [0.4, 0.5) is 0 Å². The summed E-state index contributed by atoms with van der Waals surface area (Å²) in [6, 6.07) is -0.258. The number of likely N-dealkylation sites (tertiary alicyclic amines) is 1. The third kappa shape index (κ3) is 4.82. The summed E-state index contributed by atoms with van der Waals surface area (Å²) in [6.45, 7) is 3.86. The maximum Gasteiger partial charge on any atom is 0.242 e. The molecule has 0 aromatic heterocycles. The van der Waals surface area contributed by atoms with Gasteiger partial charge in [0.25, 0.3) is 0 Å². The van der Waals surface area contributed by atoms with Crippen LogP contribution in [0, 0.1) is 0 Å². The summed E-state index contributed by atoms with van der Waals surface area (Å²) in [4.78, 5) is 25.4. The second-order valence-electron chi connectivity index (χ2n) is 4.43. The van der Waals surface area contributed by atoms with E-state index in [2.05, 4.69) is 5.32 Å². The molecule has 0 saturated carbocycles. The third-order valence-electron chi connectivity index (χ3n) is 3.02. The minimum absolute atomic E-state index is 0. The summed E-state index contributed by atoms with van der Waals surface area (Å²) < 4.78 is 0. The Bertz CT molecular complexity index is 274. The molecule has 3 N–H and O–H groups in total. The Labute approximate surface area is 115 Å². The van der Waals surface area contributed by atoms with Gasteiger partial charge in [0, 0.05) is 19.5 Å². The van der Waals surface area contributed by atoms with Crippen LogP contribution in [0.2, 0.25) is 0 Å². The summed E-state index contributed by atoms with van der Waals surface area (Å²) >= 11 is 0. The number of rotatable bonds is 6. The van der Waals surface area contributed by atoms with E-state index < -0.39 is 0 Å². The number of hydrogen-bond acceptors (Lipinski definition) is 3. The molecule has 106 valence electrons. The average Bonchev–Trinajstić information content (AvgIpc) is 2.78. The highest BCUT2D eigenvalue weighted by Gasteiger charge is 2.33. The van der Waals surface area contributed by atoms with Crippen molar-refractivity contribution in [1.29, 1.82) is 0 Å². The second kappa shape index (κ2) is 9.16. The minimum Gasteiger partial charge on any atom is -0.354 e. The summed E-state index contributed by atoms with van der Waals surface area (Å²) in [5, 5.41) is 2.84. The maximum absolute atomic E-state index is 11.9. The number of amides is 2. The van der Waals surface area contributed by atoms with Crippen LogP contribution in [0.15, 0.2) is 0 Å². The number of nitrogens with two attached hydrogens (primary N) is 1. The van der Waals surface area contributed by atoms with E-state index in [1.165, 1.54) is 0 Å². The Hall–Kier alpha value is -0.810. The van der Waals surface area contributed by atoms with Crippen LogP contribution < -0.4 is 11.1 Å². The van der Waals surface area contributed by atoms with Crippen LogP contribution in [0.25, 0.3) is 0 Å². The van der Waals surface area contributed by atoms with Gasteiger partial charge in [-0.25, -0.2) is 0 Å².